The number of aromatic nitrogens is 6. The molecule has 134 valence electrons. The van der Waals surface area contributed by atoms with Crippen LogP contribution in [0.25, 0.3) is 28.3 Å². The lowest BCUT2D eigenvalue weighted by Gasteiger charge is -2.09. The molecular formula is C17H16BrFN6O. The summed E-state index contributed by atoms with van der Waals surface area (Å²) in [5.74, 6) is 0.0837. The summed E-state index contributed by atoms with van der Waals surface area (Å²) < 4.78 is 17.9. The van der Waals surface area contributed by atoms with Crippen molar-refractivity contribution >= 4 is 32.9 Å². The molecule has 3 heterocycles. The van der Waals surface area contributed by atoms with E-state index in [1.807, 2.05) is 4.57 Å². The van der Waals surface area contributed by atoms with Crippen LogP contribution in [0.5, 0.6) is 0 Å². The molecule has 1 N–H and O–H groups in total. The Labute approximate surface area is 156 Å². The highest BCUT2D eigenvalue weighted by Gasteiger charge is 2.21. The van der Waals surface area contributed by atoms with E-state index >= 15 is 0 Å². The molecular weight excluding hydrogens is 403 g/mol. The molecule has 0 radical (unpaired) electrons. The van der Waals surface area contributed by atoms with E-state index in [-0.39, 0.29) is 16.9 Å². The fourth-order valence-corrected chi connectivity index (χ4v) is 3.43. The molecule has 0 aliphatic carbocycles. The van der Waals surface area contributed by atoms with Crippen molar-refractivity contribution in [1.29, 1.82) is 0 Å². The summed E-state index contributed by atoms with van der Waals surface area (Å²) >= 11 is 3.29. The molecule has 0 atom stereocenters. The molecule has 9 heteroatoms. The Hall–Kier alpha value is -2.55. The molecule has 26 heavy (non-hydrogen) atoms. The van der Waals surface area contributed by atoms with Crippen LogP contribution in [0, 0.1) is 5.82 Å². The predicted molar refractivity (Wildman–Crippen MR) is 99.5 cm³/mol. The molecule has 0 aliphatic rings. The largest absolute Gasteiger partial charge is 0.327 e. The van der Waals surface area contributed by atoms with Crippen LogP contribution in [0.1, 0.15) is 26.2 Å². The third-order valence-electron chi connectivity index (χ3n) is 4.32. The van der Waals surface area contributed by atoms with Gasteiger partial charge < -0.3 is 4.98 Å². The van der Waals surface area contributed by atoms with Gasteiger partial charge in [0.25, 0.3) is 5.56 Å². The Morgan fingerprint density at radius 3 is 2.81 bits per heavy atom. The zero-order valence-corrected chi connectivity index (χ0v) is 15.6. The van der Waals surface area contributed by atoms with E-state index in [1.54, 1.807) is 18.2 Å². The lowest BCUT2D eigenvalue weighted by molar-refractivity contribution is 0.612. The number of nitrogens with one attached hydrogen (secondary N) is 1. The van der Waals surface area contributed by atoms with Crippen molar-refractivity contribution in [2.45, 2.75) is 32.7 Å². The maximum absolute atomic E-state index is 14.3. The molecule has 0 bridgehead atoms. The number of hydrogen-bond donors (Lipinski definition) is 1. The molecule has 4 aromatic rings. The number of halogens is 2. The summed E-state index contributed by atoms with van der Waals surface area (Å²) in [6, 6.07) is 6.21. The standard InChI is InChI=1S/C17H16BrFN6O/c1-2-3-6-9-24-14-12(20-16(18)21-14)15(26)25-13(22-23-17(24)25)10-7-4-5-8-11(10)19/h4-5,7-8H,2-3,6,9H2,1H3,(H,20,21). The Bertz CT molecular complexity index is 1160. The minimum Gasteiger partial charge on any atom is -0.327 e. The van der Waals surface area contributed by atoms with E-state index < -0.39 is 5.82 Å². The Morgan fingerprint density at radius 2 is 2.04 bits per heavy atom. The first-order valence-electron chi connectivity index (χ1n) is 8.40. The Balaban J connectivity index is 2.04. The molecule has 0 unspecified atom stereocenters. The highest BCUT2D eigenvalue weighted by molar-refractivity contribution is 9.10. The number of aromatic amines is 1. The van der Waals surface area contributed by atoms with Gasteiger partial charge in [-0.1, -0.05) is 31.9 Å². The number of H-pyrrole nitrogens is 1. The highest BCUT2D eigenvalue weighted by atomic mass is 79.9. The van der Waals surface area contributed by atoms with Crippen molar-refractivity contribution in [3.05, 3.63) is 45.2 Å². The van der Waals surface area contributed by atoms with Gasteiger partial charge in [-0.25, -0.2) is 13.8 Å². The Kier molecular flexibility index (Phi) is 4.31. The lowest BCUT2D eigenvalue weighted by atomic mass is 10.2. The summed E-state index contributed by atoms with van der Waals surface area (Å²) in [7, 11) is 0. The maximum Gasteiger partial charge on any atom is 0.286 e. The van der Waals surface area contributed by atoms with Crippen LogP contribution in [-0.2, 0) is 6.54 Å². The number of benzene rings is 1. The smallest absolute Gasteiger partial charge is 0.286 e. The zero-order chi connectivity index (χ0) is 18.3. The minimum atomic E-state index is -0.454. The van der Waals surface area contributed by atoms with Crippen molar-refractivity contribution in [2.24, 2.45) is 0 Å². The number of nitrogens with zero attached hydrogens (tertiary/aromatic N) is 5. The summed E-state index contributed by atoms with van der Waals surface area (Å²) in [5.41, 5.74) is 0.717. The van der Waals surface area contributed by atoms with Gasteiger partial charge in [0.05, 0.1) is 5.56 Å². The fourth-order valence-electron chi connectivity index (χ4n) is 3.07. The fraction of sp³-hybridized carbons (Fsp3) is 0.294. The Morgan fingerprint density at radius 1 is 1.23 bits per heavy atom. The summed E-state index contributed by atoms with van der Waals surface area (Å²) in [5, 5.41) is 8.28. The van der Waals surface area contributed by atoms with E-state index in [1.165, 1.54) is 10.5 Å². The van der Waals surface area contributed by atoms with Gasteiger partial charge in [0, 0.05) is 6.54 Å². The summed E-state index contributed by atoms with van der Waals surface area (Å²) in [6.07, 6.45) is 3.02. The van der Waals surface area contributed by atoms with Gasteiger partial charge >= 0.3 is 0 Å². The molecule has 0 saturated carbocycles. The normalized spacial score (nSPS) is 11.7. The third-order valence-corrected chi connectivity index (χ3v) is 4.69. The first-order chi connectivity index (χ1) is 12.6. The molecule has 0 spiro atoms. The third kappa shape index (κ3) is 2.63. The highest BCUT2D eigenvalue weighted by Crippen LogP contribution is 2.23. The van der Waals surface area contributed by atoms with E-state index in [4.69, 9.17) is 0 Å². The first kappa shape index (κ1) is 16.9. The number of hydrogen-bond acceptors (Lipinski definition) is 4. The van der Waals surface area contributed by atoms with Crippen molar-refractivity contribution in [1.82, 2.24) is 29.1 Å². The summed E-state index contributed by atoms with van der Waals surface area (Å²) in [4.78, 5) is 20.3. The van der Waals surface area contributed by atoms with E-state index in [0.29, 0.717) is 28.2 Å². The topological polar surface area (TPSA) is 80.9 Å². The van der Waals surface area contributed by atoms with Gasteiger partial charge in [-0.2, -0.15) is 0 Å². The monoisotopic (exact) mass is 418 g/mol. The second-order valence-corrected chi connectivity index (χ2v) is 6.78. The van der Waals surface area contributed by atoms with Gasteiger partial charge in [-0.15, -0.1) is 10.2 Å². The van der Waals surface area contributed by atoms with Crippen molar-refractivity contribution in [3.8, 4) is 11.4 Å². The number of fused-ring (bicyclic) bond motifs is 2. The average Bonchev–Trinajstić information content (AvgIpc) is 3.22. The van der Waals surface area contributed by atoms with Gasteiger partial charge in [0.15, 0.2) is 21.7 Å². The number of imidazole rings is 1. The molecule has 7 nitrogen and oxygen atoms in total. The van der Waals surface area contributed by atoms with Gasteiger partial charge in [0.1, 0.15) is 5.82 Å². The average molecular weight is 419 g/mol. The second-order valence-electron chi connectivity index (χ2n) is 6.03. The van der Waals surface area contributed by atoms with Crippen LogP contribution in [0.4, 0.5) is 4.39 Å². The first-order valence-corrected chi connectivity index (χ1v) is 9.19. The van der Waals surface area contributed by atoms with Gasteiger partial charge in [0.2, 0.25) is 5.78 Å². The number of aryl methyl sites for hydroxylation is 1. The van der Waals surface area contributed by atoms with Crippen LogP contribution >= 0.6 is 15.9 Å². The molecule has 0 saturated heterocycles. The lowest BCUT2D eigenvalue weighted by Crippen LogP contribution is -2.20. The zero-order valence-electron chi connectivity index (χ0n) is 14.0. The van der Waals surface area contributed by atoms with Crippen molar-refractivity contribution < 1.29 is 4.39 Å². The van der Waals surface area contributed by atoms with E-state index in [2.05, 4.69) is 43.0 Å². The molecule has 3 aromatic heterocycles. The van der Waals surface area contributed by atoms with Crippen molar-refractivity contribution in [2.75, 3.05) is 0 Å². The maximum atomic E-state index is 14.3. The van der Waals surface area contributed by atoms with Crippen LogP contribution in [0.2, 0.25) is 0 Å². The SMILES string of the molecule is CCCCCn1c2nc(Br)[nH]c2c(=O)n2c(-c3ccccc3F)nnc12. The second kappa shape index (κ2) is 6.64. The van der Waals surface area contributed by atoms with E-state index in [9.17, 15) is 9.18 Å². The molecule has 0 amide bonds. The number of rotatable bonds is 5. The van der Waals surface area contributed by atoms with E-state index in [0.717, 1.165) is 19.3 Å². The minimum absolute atomic E-state index is 0.181. The van der Waals surface area contributed by atoms with Crippen molar-refractivity contribution in [3.63, 3.8) is 0 Å². The number of unbranched alkanes of at least 4 members (excludes halogenated alkanes) is 2. The molecule has 4 rings (SSSR count). The van der Waals surface area contributed by atoms with Gasteiger partial charge in [-0.3, -0.25) is 9.36 Å². The summed E-state index contributed by atoms with van der Waals surface area (Å²) in [6.45, 7) is 2.76. The molecule has 0 aliphatic heterocycles. The predicted octanol–water partition coefficient (Wildman–Crippen LogP) is 3.53. The van der Waals surface area contributed by atoms with Gasteiger partial charge in [-0.05, 0) is 34.5 Å². The van der Waals surface area contributed by atoms with Crippen LogP contribution in [-0.4, -0.2) is 29.1 Å². The molecule has 1 aromatic carbocycles. The van der Waals surface area contributed by atoms with Crippen LogP contribution < -0.4 is 5.56 Å². The molecule has 0 fully saturated rings. The quantitative estimate of drug-likeness (QED) is 0.397. The van der Waals surface area contributed by atoms with Crippen LogP contribution in [0.15, 0.2) is 33.8 Å². The van der Waals surface area contributed by atoms with Crippen LogP contribution in [0.3, 0.4) is 0 Å².